The van der Waals surface area contributed by atoms with E-state index in [4.69, 9.17) is 12.2 Å². The highest BCUT2D eigenvalue weighted by atomic mass is 32.2. The van der Waals surface area contributed by atoms with Gasteiger partial charge in [-0.3, -0.25) is 0 Å². The summed E-state index contributed by atoms with van der Waals surface area (Å²) in [5, 5.41) is 7.24. The first-order chi connectivity index (χ1) is 10.8. The van der Waals surface area contributed by atoms with Crippen molar-refractivity contribution in [3.05, 3.63) is 54.6 Å². The molecule has 0 aliphatic heterocycles. The molecule has 0 unspecified atom stereocenters. The lowest BCUT2D eigenvalue weighted by atomic mass is 10.3. The zero-order valence-corrected chi connectivity index (χ0v) is 15.0. The first-order valence-corrected chi connectivity index (χ1v) is 9.77. The Morgan fingerprint density at radius 1 is 1.05 bits per heavy atom. The molecule has 0 heterocycles. The van der Waals surface area contributed by atoms with Crippen LogP contribution in [0, 0.1) is 0 Å². The van der Waals surface area contributed by atoms with Crippen molar-refractivity contribution in [1.82, 2.24) is 5.32 Å². The average molecular weight is 349 g/mol. The second-order valence-electron chi connectivity index (χ2n) is 4.64. The molecule has 0 bridgehead atoms. The van der Waals surface area contributed by atoms with Gasteiger partial charge in [0.05, 0.1) is 5.69 Å². The Labute approximate surface area is 146 Å². The first-order valence-electron chi connectivity index (χ1n) is 7.15. The smallest absolute Gasteiger partial charge is 0.170 e. The van der Waals surface area contributed by atoms with E-state index in [9.17, 15) is 0 Å². The van der Waals surface area contributed by atoms with Crippen LogP contribution < -0.4 is 10.6 Å². The highest BCUT2D eigenvalue weighted by Gasteiger charge is 2.05. The highest BCUT2D eigenvalue weighted by molar-refractivity contribution is 7.99. The van der Waals surface area contributed by atoms with Gasteiger partial charge in [0.2, 0.25) is 0 Å². The molecule has 0 aliphatic carbocycles. The molecule has 0 spiro atoms. The van der Waals surface area contributed by atoms with Gasteiger partial charge < -0.3 is 10.6 Å². The summed E-state index contributed by atoms with van der Waals surface area (Å²) in [7, 11) is 0. The molecule has 2 N–H and O–H groups in total. The lowest BCUT2D eigenvalue weighted by Gasteiger charge is -2.13. The Morgan fingerprint density at radius 3 is 2.55 bits per heavy atom. The monoisotopic (exact) mass is 348 g/mol. The first kappa shape index (κ1) is 17.2. The van der Waals surface area contributed by atoms with Gasteiger partial charge in [0, 0.05) is 16.3 Å². The van der Waals surface area contributed by atoms with Crippen LogP contribution in [0.4, 0.5) is 5.69 Å². The van der Waals surface area contributed by atoms with Crippen LogP contribution in [-0.4, -0.2) is 23.7 Å². The van der Waals surface area contributed by atoms with Gasteiger partial charge in [0.1, 0.15) is 0 Å². The normalized spacial score (nSPS) is 10.2. The lowest BCUT2D eigenvalue weighted by molar-refractivity contribution is 0.855. The molecule has 2 nitrogen and oxygen atoms in total. The summed E-state index contributed by atoms with van der Waals surface area (Å²) in [4.78, 5) is 2.39. The second-order valence-corrected chi connectivity index (χ2v) is 7.15. The number of nitrogens with one attached hydrogen (secondary N) is 2. The Hall–Kier alpha value is -1.17. The van der Waals surface area contributed by atoms with Crippen LogP contribution in [0.3, 0.4) is 0 Å². The van der Waals surface area contributed by atoms with Crippen molar-refractivity contribution in [2.45, 2.75) is 16.2 Å². The number of thioether (sulfide) groups is 1. The minimum absolute atomic E-state index is 0.683. The number of hydrogen-bond donors (Lipinski definition) is 2. The van der Waals surface area contributed by atoms with E-state index in [1.54, 1.807) is 11.8 Å². The van der Waals surface area contributed by atoms with Crippen LogP contribution in [0.2, 0.25) is 0 Å². The molecule has 0 saturated heterocycles. The van der Waals surface area contributed by atoms with Crippen molar-refractivity contribution in [1.29, 1.82) is 0 Å². The standard InChI is InChI=1S/C17H20N2S3/c1-21-13-7-12-18-17(20)19-15-10-5-6-11-16(15)22-14-8-3-2-4-9-14/h2-6,8-11H,7,12-13H2,1H3,(H2,18,19,20). The number of rotatable bonds is 7. The van der Waals surface area contributed by atoms with Crippen LogP contribution >= 0.6 is 35.7 Å². The fourth-order valence-electron chi connectivity index (χ4n) is 1.86. The van der Waals surface area contributed by atoms with Crippen LogP contribution in [-0.2, 0) is 0 Å². The van der Waals surface area contributed by atoms with Gasteiger partial charge in [-0.25, -0.2) is 0 Å². The van der Waals surface area contributed by atoms with E-state index in [0.29, 0.717) is 5.11 Å². The van der Waals surface area contributed by atoms with Crippen molar-refractivity contribution in [3.63, 3.8) is 0 Å². The van der Waals surface area contributed by atoms with Crippen LogP contribution in [0.15, 0.2) is 64.4 Å². The maximum Gasteiger partial charge on any atom is 0.170 e. The topological polar surface area (TPSA) is 24.1 Å². The fourth-order valence-corrected chi connectivity index (χ4v) is 3.43. The third-order valence-corrected chi connectivity index (χ3v) is 4.94. The Bertz CT molecular complexity index is 587. The average Bonchev–Trinajstić information content (AvgIpc) is 2.54. The molecule has 116 valence electrons. The second kappa shape index (κ2) is 9.77. The molecule has 2 aromatic carbocycles. The molecule has 0 aliphatic rings. The van der Waals surface area contributed by atoms with Crippen molar-refractivity contribution < 1.29 is 0 Å². The summed E-state index contributed by atoms with van der Waals surface area (Å²) in [6.45, 7) is 0.903. The van der Waals surface area contributed by atoms with Crippen molar-refractivity contribution in [3.8, 4) is 0 Å². The van der Waals surface area contributed by atoms with Crippen molar-refractivity contribution in [2.24, 2.45) is 0 Å². The summed E-state index contributed by atoms with van der Waals surface area (Å²) in [5.74, 6) is 1.15. The quantitative estimate of drug-likeness (QED) is 0.549. The van der Waals surface area contributed by atoms with Gasteiger partial charge in [0.15, 0.2) is 5.11 Å². The third-order valence-electron chi connectivity index (χ3n) is 2.92. The van der Waals surface area contributed by atoms with Gasteiger partial charge in [-0.1, -0.05) is 42.1 Å². The highest BCUT2D eigenvalue weighted by Crippen LogP contribution is 2.33. The number of benzene rings is 2. The van der Waals surface area contributed by atoms with Crippen LogP contribution in [0.1, 0.15) is 6.42 Å². The minimum atomic E-state index is 0.683. The largest absolute Gasteiger partial charge is 0.362 e. The van der Waals surface area contributed by atoms with E-state index in [2.05, 4.69) is 53.3 Å². The van der Waals surface area contributed by atoms with Crippen molar-refractivity contribution in [2.75, 3.05) is 23.9 Å². The molecule has 5 heteroatoms. The molecule has 0 atom stereocenters. The predicted octanol–water partition coefficient (Wildman–Crippen LogP) is 4.88. The van der Waals surface area contributed by atoms with E-state index >= 15 is 0 Å². The fraction of sp³-hybridized carbons (Fsp3) is 0.235. The number of thiocarbonyl (C=S) groups is 1. The Balaban J connectivity index is 1.95. The molecular weight excluding hydrogens is 328 g/mol. The molecule has 2 aromatic rings. The van der Waals surface area contributed by atoms with Gasteiger partial charge in [0.25, 0.3) is 0 Å². The molecule has 0 saturated carbocycles. The molecule has 2 rings (SSSR count). The molecule has 0 aromatic heterocycles. The number of para-hydroxylation sites is 1. The summed E-state index contributed by atoms with van der Waals surface area (Å²) in [6.07, 6.45) is 3.23. The van der Waals surface area contributed by atoms with E-state index in [0.717, 1.165) is 24.4 Å². The maximum atomic E-state index is 5.37. The molecule has 22 heavy (non-hydrogen) atoms. The summed E-state index contributed by atoms with van der Waals surface area (Å²) in [5.41, 5.74) is 1.04. The zero-order chi connectivity index (χ0) is 15.6. The summed E-state index contributed by atoms with van der Waals surface area (Å²) in [6, 6.07) is 18.6. The number of anilines is 1. The molecule has 0 fully saturated rings. The molecule has 0 radical (unpaired) electrons. The van der Waals surface area contributed by atoms with Crippen LogP contribution in [0.5, 0.6) is 0 Å². The predicted molar refractivity (Wildman–Crippen MR) is 104 cm³/mol. The van der Waals surface area contributed by atoms with E-state index in [1.807, 2.05) is 30.0 Å². The molecule has 0 amide bonds. The molecular formula is C17H20N2S3. The van der Waals surface area contributed by atoms with E-state index in [-0.39, 0.29) is 0 Å². The maximum absolute atomic E-state index is 5.37. The van der Waals surface area contributed by atoms with Gasteiger partial charge >= 0.3 is 0 Å². The Kier molecular flexibility index (Phi) is 7.63. The Morgan fingerprint density at radius 2 is 1.77 bits per heavy atom. The zero-order valence-electron chi connectivity index (χ0n) is 12.5. The van der Waals surface area contributed by atoms with Gasteiger partial charge in [-0.15, -0.1) is 0 Å². The van der Waals surface area contributed by atoms with Crippen molar-refractivity contribution >= 4 is 46.5 Å². The number of hydrogen-bond acceptors (Lipinski definition) is 3. The summed E-state index contributed by atoms with van der Waals surface area (Å²) < 4.78 is 0. The third kappa shape index (κ3) is 5.91. The summed E-state index contributed by atoms with van der Waals surface area (Å²) >= 11 is 8.96. The van der Waals surface area contributed by atoms with Gasteiger partial charge in [-0.2, -0.15) is 11.8 Å². The van der Waals surface area contributed by atoms with E-state index in [1.165, 1.54) is 9.79 Å². The van der Waals surface area contributed by atoms with Crippen LogP contribution in [0.25, 0.3) is 0 Å². The lowest BCUT2D eigenvalue weighted by Crippen LogP contribution is -2.29. The minimum Gasteiger partial charge on any atom is -0.362 e. The SMILES string of the molecule is CSCCCNC(=S)Nc1ccccc1Sc1ccccc1. The van der Waals surface area contributed by atoms with Gasteiger partial charge in [-0.05, 0) is 54.9 Å². The van der Waals surface area contributed by atoms with E-state index < -0.39 is 0 Å².